The Morgan fingerprint density at radius 2 is 1.88 bits per heavy atom. The minimum Gasteiger partial charge on any atom is -0.497 e. The van der Waals surface area contributed by atoms with E-state index in [4.69, 9.17) is 9.47 Å². The molecule has 0 bridgehead atoms. The van der Waals surface area contributed by atoms with Crippen molar-refractivity contribution in [1.29, 1.82) is 0 Å². The number of hydrogen-bond donors (Lipinski definition) is 2. The number of likely N-dealkylation sites (tertiary alicyclic amines) is 1. The smallest absolute Gasteiger partial charge is 0.258 e. The molecule has 0 unspecified atom stereocenters. The minimum absolute atomic E-state index is 0.0177. The second-order valence-corrected chi connectivity index (χ2v) is 10.9. The summed E-state index contributed by atoms with van der Waals surface area (Å²) in [7, 11) is 3.29. The van der Waals surface area contributed by atoms with Gasteiger partial charge in [-0.3, -0.25) is 14.6 Å². The van der Waals surface area contributed by atoms with E-state index in [0.717, 1.165) is 54.4 Å². The molecule has 0 saturated carbocycles. The number of hydrogen-bond acceptors (Lipinski definition) is 7. The van der Waals surface area contributed by atoms with Crippen LogP contribution in [-0.4, -0.2) is 73.3 Å². The van der Waals surface area contributed by atoms with E-state index in [9.17, 15) is 9.59 Å². The van der Waals surface area contributed by atoms with Crippen molar-refractivity contribution in [3.05, 3.63) is 80.8 Å². The number of anilines is 1. The highest BCUT2D eigenvalue weighted by molar-refractivity contribution is 5.99. The Labute approximate surface area is 241 Å². The number of benzene rings is 2. The van der Waals surface area contributed by atoms with Gasteiger partial charge in [-0.15, -0.1) is 0 Å². The van der Waals surface area contributed by atoms with Crippen molar-refractivity contribution in [2.75, 3.05) is 45.7 Å². The highest BCUT2D eigenvalue weighted by Gasteiger charge is 2.28. The Kier molecular flexibility index (Phi) is 8.73. The molecule has 0 spiro atoms. The lowest BCUT2D eigenvalue weighted by Crippen LogP contribution is -2.33. The fraction of sp³-hybridized carbons (Fsp3) is 0.406. The average Bonchev–Trinajstić information content (AvgIpc) is 3.59. The molecule has 1 aromatic heterocycles. The Hall–Kier alpha value is -4.11. The maximum Gasteiger partial charge on any atom is 0.258 e. The molecule has 3 aromatic rings. The Balaban J connectivity index is 1.31. The summed E-state index contributed by atoms with van der Waals surface area (Å²) in [4.78, 5) is 37.8. The van der Waals surface area contributed by atoms with Crippen LogP contribution in [0.4, 0.5) is 11.4 Å². The number of aromatic amines is 1. The third kappa shape index (κ3) is 6.46. The summed E-state index contributed by atoms with van der Waals surface area (Å²) in [5, 5.41) is 3.46. The molecule has 5 rings (SSSR count). The Morgan fingerprint density at radius 3 is 2.63 bits per heavy atom. The van der Waals surface area contributed by atoms with Crippen LogP contribution >= 0.6 is 0 Å². The van der Waals surface area contributed by atoms with Crippen LogP contribution in [0.25, 0.3) is 0 Å². The lowest BCUT2D eigenvalue weighted by molar-refractivity contribution is 0.0763. The van der Waals surface area contributed by atoms with Crippen molar-refractivity contribution in [3.63, 3.8) is 0 Å². The summed E-state index contributed by atoms with van der Waals surface area (Å²) >= 11 is 0. The van der Waals surface area contributed by atoms with E-state index in [1.807, 2.05) is 55.1 Å². The SMILES string of the molecule is COc1ccc(OC)c(C[C@H](C)Nc2cc[nH]c(=O)c2/C=N/c2cc3c(cc2C)CN(CCN2CCCC2)C3=O)c1. The summed E-state index contributed by atoms with van der Waals surface area (Å²) in [5.41, 5.74) is 5.24. The number of carbonyl (C=O) groups excluding carboxylic acids is 1. The van der Waals surface area contributed by atoms with Gasteiger partial charge in [0.05, 0.1) is 31.2 Å². The largest absolute Gasteiger partial charge is 0.497 e. The van der Waals surface area contributed by atoms with Gasteiger partial charge in [-0.1, -0.05) is 6.07 Å². The number of carbonyl (C=O) groups is 1. The first-order chi connectivity index (χ1) is 19.9. The molecule has 0 aliphatic carbocycles. The lowest BCUT2D eigenvalue weighted by Gasteiger charge is -2.20. The molecule has 2 aliphatic rings. The predicted octanol–water partition coefficient (Wildman–Crippen LogP) is 4.55. The fourth-order valence-electron chi connectivity index (χ4n) is 5.69. The van der Waals surface area contributed by atoms with Crippen LogP contribution in [0.15, 0.2) is 52.4 Å². The first-order valence-electron chi connectivity index (χ1n) is 14.2. The molecule has 1 fully saturated rings. The van der Waals surface area contributed by atoms with Crippen molar-refractivity contribution in [2.45, 2.75) is 45.7 Å². The average molecular weight is 558 g/mol. The van der Waals surface area contributed by atoms with Gasteiger partial charge in [-0.25, -0.2) is 0 Å². The molecule has 41 heavy (non-hydrogen) atoms. The monoisotopic (exact) mass is 557 g/mol. The summed E-state index contributed by atoms with van der Waals surface area (Å²) in [6, 6.07) is 11.4. The minimum atomic E-state index is -0.243. The Morgan fingerprint density at radius 1 is 1.07 bits per heavy atom. The number of H-pyrrole nitrogens is 1. The van der Waals surface area contributed by atoms with Crippen LogP contribution in [0.3, 0.4) is 0 Å². The van der Waals surface area contributed by atoms with E-state index >= 15 is 0 Å². The van der Waals surface area contributed by atoms with E-state index in [1.54, 1.807) is 26.6 Å². The van der Waals surface area contributed by atoms with Gasteiger partial charge in [0.15, 0.2) is 0 Å². The zero-order valence-corrected chi connectivity index (χ0v) is 24.3. The summed E-state index contributed by atoms with van der Waals surface area (Å²) in [6.45, 7) is 8.57. The second-order valence-electron chi connectivity index (χ2n) is 10.9. The summed E-state index contributed by atoms with van der Waals surface area (Å²) in [5.74, 6) is 1.59. The zero-order chi connectivity index (χ0) is 28.9. The van der Waals surface area contributed by atoms with Gasteiger partial charge in [-0.05, 0) is 93.2 Å². The number of nitrogens with one attached hydrogen (secondary N) is 2. The second kappa shape index (κ2) is 12.6. The van der Waals surface area contributed by atoms with E-state index < -0.39 is 0 Å². The number of aryl methyl sites for hydroxylation is 1. The van der Waals surface area contributed by atoms with Crippen LogP contribution in [0, 0.1) is 6.92 Å². The highest BCUT2D eigenvalue weighted by Crippen LogP contribution is 2.31. The molecule has 9 nitrogen and oxygen atoms in total. The molecule has 3 heterocycles. The molecule has 9 heteroatoms. The van der Waals surface area contributed by atoms with Gasteiger partial charge in [0, 0.05) is 43.7 Å². The molecule has 2 N–H and O–H groups in total. The third-order valence-electron chi connectivity index (χ3n) is 7.93. The van der Waals surface area contributed by atoms with Crippen LogP contribution in [0.1, 0.15) is 52.4 Å². The van der Waals surface area contributed by atoms with Gasteiger partial charge in [-0.2, -0.15) is 0 Å². The zero-order valence-electron chi connectivity index (χ0n) is 24.3. The lowest BCUT2D eigenvalue weighted by atomic mass is 10.0. The molecule has 2 aliphatic heterocycles. The van der Waals surface area contributed by atoms with Gasteiger partial charge in [0.2, 0.25) is 0 Å². The maximum absolute atomic E-state index is 13.2. The first-order valence-corrected chi connectivity index (χ1v) is 14.2. The van der Waals surface area contributed by atoms with E-state index in [1.165, 1.54) is 12.8 Å². The van der Waals surface area contributed by atoms with Gasteiger partial charge in [0.1, 0.15) is 11.5 Å². The van der Waals surface area contributed by atoms with Crippen molar-refractivity contribution < 1.29 is 14.3 Å². The first kappa shape index (κ1) is 28.4. The maximum atomic E-state index is 13.2. The number of aromatic nitrogens is 1. The third-order valence-corrected chi connectivity index (χ3v) is 7.93. The molecule has 0 radical (unpaired) electrons. The van der Waals surface area contributed by atoms with Crippen molar-refractivity contribution in [2.24, 2.45) is 4.99 Å². The van der Waals surface area contributed by atoms with Crippen LogP contribution in [0.2, 0.25) is 0 Å². The fourth-order valence-corrected chi connectivity index (χ4v) is 5.69. The number of nitrogens with zero attached hydrogens (tertiary/aromatic N) is 3. The molecule has 1 saturated heterocycles. The number of rotatable bonds is 11. The van der Waals surface area contributed by atoms with Crippen molar-refractivity contribution >= 4 is 23.5 Å². The molecule has 1 atom stereocenters. The highest BCUT2D eigenvalue weighted by atomic mass is 16.5. The van der Waals surface area contributed by atoms with Crippen LogP contribution in [0.5, 0.6) is 11.5 Å². The number of methoxy groups -OCH3 is 2. The topological polar surface area (TPSA) is 99.3 Å². The van der Waals surface area contributed by atoms with Crippen molar-refractivity contribution in [3.8, 4) is 11.5 Å². The molecule has 2 aromatic carbocycles. The van der Waals surface area contributed by atoms with Gasteiger partial charge in [0.25, 0.3) is 11.5 Å². The number of amides is 1. The number of pyridine rings is 1. The normalized spacial score (nSPS) is 15.9. The molecule has 1 amide bonds. The number of fused-ring (bicyclic) bond motifs is 1. The van der Waals surface area contributed by atoms with E-state index in [2.05, 4.69) is 20.2 Å². The van der Waals surface area contributed by atoms with Crippen molar-refractivity contribution in [1.82, 2.24) is 14.8 Å². The standard InChI is InChI=1S/C32H39N5O4/c1-21-15-24-20-37(14-13-36-11-5-6-12-36)32(39)26(24)18-29(21)34-19-27-28(9-10-33-31(27)38)35-22(2)16-23-17-25(40-3)7-8-30(23)41-4/h7-10,15,17-19,22H,5-6,11-14,16,20H2,1-4H3,(H2,33,35,38)/b34-19+/t22-/m0/s1. The Bertz CT molecular complexity index is 1490. The van der Waals surface area contributed by atoms with E-state index in [-0.39, 0.29) is 17.5 Å². The van der Waals surface area contributed by atoms with Gasteiger partial charge < -0.3 is 29.6 Å². The summed E-state index contributed by atoms with van der Waals surface area (Å²) in [6.07, 6.45) is 6.35. The quantitative estimate of drug-likeness (QED) is 0.336. The number of aliphatic imine (C=N–C) groups is 1. The van der Waals surface area contributed by atoms with E-state index in [0.29, 0.717) is 35.5 Å². The van der Waals surface area contributed by atoms with Gasteiger partial charge >= 0.3 is 0 Å². The number of ether oxygens (including phenoxy) is 2. The van der Waals surface area contributed by atoms with Crippen LogP contribution in [-0.2, 0) is 13.0 Å². The molecule has 216 valence electrons. The van der Waals surface area contributed by atoms with Crippen LogP contribution < -0.4 is 20.3 Å². The molecular formula is C32H39N5O4. The summed E-state index contributed by atoms with van der Waals surface area (Å²) < 4.78 is 10.9. The molecular weight excluding hydrogens is 518 g/mol. The predicted molar refractivity (Wildman–Crippen MR) is 162 cm³/mol.